The molecule has 1 fully saturated rings. The SMILES string of the molecule is CC(=O)c1c(C)[nH]c(C2=C(C)SC3=N[C@@H]4CCCC[C@H]4N32)c1C. The van der Waals surface area contributed by atoms with E-state index in [0.29, 0.717) is 12.1 Å². The number of amidine groups is 1. The fourth-order valence-corrected chi connectivity index (χ4v) is 5.48. The number of hydrogen-bond acceptors (Lipinski definition) is 4. The molecule has 4 rings (SSSR count). The minimum absolute atomic E-state index is 0.136. The molecule has 122 valence electrons. The number of ketones is 1. The predicted octanol–water partition coefficient (Wildman–Crippen LogP) is 4.25. The summed E-state index contributed by atoms with van der Waals surface area (Å²) in [6.45, 7) is 7.87. The second-order valence-electron chi connectivity index (χ2n) is 6.89. The van der Waals surface area contributed by atoms with E-state index >= 15 is 0 Å². The van der Waals surface area contributed by atoms with E-state index in [9.17, 15) is 4.79 Å². The molecule has 0 radical (unpaired) electrons. The van der Waals surface area contributed by atoms with Crippen LogP contribution in [0.1, 0.15) is 66.8 Å². The first-order valence-corrected chi connectivity index (χ1v) is 9.27. The van der Waals surface area contributed by atoms with Crippen LogP contribution in [0.3, 0.4) is 0 Å². The summed E-state index contributed by atoms with van der Waals surface area (Å²) < 4.78 is 0. The minimum Gasteiger partial charge on any atom is -0.357 e. The predicted molar refractivity (Wildman–Crippen MR) is 95.8 cm³/mol. The molecule has 2 atom stereocenters. The van der Waals surface area contributed by atoms with Crippen molar-refractivity contribution >= 4 is 28.4 Å². The standard InChI is InChI=1S/C18H23N3OS/c1-9-15(11(3)22)10(2)19-16(9)17-12(4)23-18-20-13-7-5-6-8-14(13)21(17)18/h13-14,19H,5-8H2,1-4H3/t13-,14-/m1/s1. The highest BCUT2D eigenvalue weighted by Crippen LogP contribution is 2.48. The van der Waals surface area contributed by atoms with E-state index in [1.807, 2.05) is 6.92 Å². The molecule has 2 aliphatic heterocycles. The van der Waals surface area contributed by atoms with Gasteiger partial charge in [-0.1, -0.05) is 24.6 Å². The highest BCUT2D eigenvalue weighted by molar-refractivity contribution is 8.17. The van der Waals surface area contributed by atoms with Crippen molar-refractivity contribution in [2.45, 2.75) is 65.5 Å². The third kappa shape index (κ3) is 2.12. The number of carbonyl (C=O) groups is 1. The Morgan fingerprint density at radius 2 is 2.00 bits per heavy atom. The highest BCUT2D eigenvalue weighted by Gasteiger charge is 2.44. The van der Waals surface area contributed by atoms with Gasteiger partial charge in [0, 0.05) is 16.2 Å². The van der Waals surface area contributed by atoms with E-state index < -0.39 is 0 Å². The number of nitrogens with zero attached hydrogens (tertiary/aromatic N) is 2. The van der Waals surface area contributed by atoms with E-state index in [4.69, 9.17) is 4.99 Å². The number of thioether (sulfide) groups is 1. The zero-order valence-electron chi connectivity index (χ0n) is 14.2. The van der Waals surface area contributed by atoms with Crippen LogP contribution in [-0.2, 0) is 0 Å². The lowest BCUT2D eigenvalue weighted by molar-refractivity contribution is 0.101. The number of hydrogen-bond donors (Lipinski definition) is 1. The van der Waals surface area contributed by atoms with E-state index in [0.717, 1.165) is 27.7 Å². The highest BCUT2D eigenvalue weighted by atomic mass is 32.2. The Balaban J connectivity index is 1.80. The molecule has 0 spiro atoms. The first-order valence-electron chi connectivity index (χ1n) is 8.45. The van der Waals surface area contributed by atoms with Gasteiger partial charge in [-0.2, -0.15) is 0 Å². The topological polar surface area (TPSA) is 48.5 Å². The zero-order valence-corrected chi connectivity index (χ0v) is 15.0. The van der Waals surface area contributed by atoms with Crippen molar-refractivity contribution in [2.24, 2.45) is 4.99 Å². The van der Waals surface area contributed by atoms with Gasteiger partial charge < -0.3 is 9.88 Å². The maximum Gasteiger partial charge on any atom is 0.169 e. The average molecular weight is 329 g/mol. The molecule has 0 unspecified atom stereocenters. The second kappa shape index (κ2) is 5.26. The Morgan fingerprint density at radius 1 is 1.26 bits per heavy atom. The van der Waals surface area contributed by atoms with Crippen molar-refractivity contribution in [3.8, 4) is 0 Å². The fourth-order valence-electron chi connectivity index (χ4n) is 4.39. The Kier molecular flexibility index (Phi) is 3.45. The lowest BCUT2D eigenvalue weighted by atomic mass is 9.90. The first-order chi connectivity index (χ1) is 11.0. The molecule has 0 saturated heterocycles. The summed E-state index contributed by atoms with van der Waals surface area (Å²) in [6.07, 6.45) is 5.01. The van der Waals surface area contributed by atoms with Crippen molar-refractivity contribution in [3.05, 3.63) is 27.4 Å². The van der Waals surface area contributed by atoms with Crippen LogP contribution in [0.4, 0.5) is 0 Å². The third-order valence-corrected chi connectivity index (χ3v) is 6.34. The monoisotopic (exact) mass is 329 g/mol. The van der Waals surface area contributed by atoms with Gasteiger partial charge in [-0.25, -0.2) is 0 Å². The number of Topliss-reactive ketones (excluding diaryl/α,β-unsaturated/α-hetero) is 1. The summed E-state index contributed by atoms with van der Waals surface area (Å²) in [7, 11) is 0. The molecule has 0 aromatic carbocycles. The lowest BCUT2D eigenvalue weighted by Gasteiger charge is -2.32. The second-order valence-corrected chi connectivity index (χ2v) is 8.07. The van der Waals surface area contributed by atoms with E-state index in [1.54, 1.807) is 18.7 Å². The summed E-state index contributed by atoms with van der Waals surface area (Å²) in [5, 5.41) is 1.16. The van der Waals surface area contributed by atoms with Gasteiger partial charge in [0.15, 0.2) is 11.0 Å². The number of H-pyrrole nitrogens is 1. The number of aliphatic imine (C=N–C) groups is 1. The van der Waals surface area contributed by atoms with Crippen LogP contribution in [0.15, 0.2) is 9.90 Å². The Hall–Kier alpha value is -1.49. The Morgan fingerprint density at radius 3 is 2.70 bits per heavy atom. The molecule has 1 saturated carbocycles. The van der Waals surface area contributed by atoms with Crippen LogP contribution in [0.25, 0.3) is 5.70 Å². The number of fused-ring (bicyclic) bond motifs is 3. The molecule has 1 aromatic heterocycles. The molecule has 0 bridgehead atoms. The molecule has 1 N–H and O–H groups in total. The molecule has 4 nitrogen and oxygen atoms in total. The van der Waals surface area contributed by atoms with Crippen LogP contribution in [0, 0.1) is 13.8 Å². The maximum absolute atomic E-state index is 12.0. The number of carbonyl (C=O) groups excluding carboxylic acids is 1. The zero-order chi connectivity index (χ0) is 16.3. The van der Waals surface area contributed by atoms with Gasteiger partial charge in [0.2, 0.25) is 0 Å². The molecule has 1 aliphatic carbocycles. The van der Waals surface area contributed by atoms with E-state index in [2.05, 4.69) is 23.7 Å². The summed E-state index contributed by atoms with van der Waals surface area (Å²) in [6, 6.07) is 0.959. The van der Waals surface area contributed by atoms with Crippen LogP contribution >= 0.6 is 11.8 Å². The summed E-state index contributed by atoms with van der Waals surface area (Å²) in [4.78, 5) is 24.2. The van der Waals surface area contributed by atoms with Gasteiger partial charge >= 0.3 is 0 Å². The average Bonchev–Trinajstić information content (AvgIpc) is 3.08. The summed E-state index contributed by atoms with van der Waals surface area (Å²) >= 11 is 1.79. The first kappa shape index (κ1) is 15.1. The van der Waals surface area contributed by atoms with Crippen molar-refractivity contribution in [3.63, 3.8) is 0 Å². The molecular formula is C18H23N3OS. The number of allylic oxidation sites excluding steroid dienone is 1. The molecular weight excluding hydrogens is 306 g/mol. The van der Waals surface area contributed by atoms with Gasteiger partial charge in [-0.3, -0.25) is 9.79 Å². The largest absolute Gasteiger partial charge is 0.357 e. The smallest absolute Gasteiger partial charge is 0.169 e. The Labute approximate surface area is 141 Å². The maximum atomic E-state index is 12.0. The van der Waals surface area contributed by atoms with Gasteiger partial charge in [-0.15, -0.1) is 0 Å². The molecule has 5 heteroatoms. The molecule has 3 heterocycles. The van der Waals surface area contributed by atoms with Crippen LogP contribution < -0.4 is 0 Å². The third-order valence-electron chi connectivity index (χ3n) is 5.35. The Bertz CT molecular complexity index is 759. The van der Waals surface area contributed by atoms with E-state index in [1.165, 1.54) is 36.3 Å². The molecule has 23 heavy (non-hydrogen) atoms. The van der Waals surface area contributed by atoms with Crippen LogP contribution in [0.5, 0.6) is 0 Å². The van der Waals surface area contributed by atoms with E-state index in [-0.39, 0.29) is 5.78 Å². The van der Waals surface area contributed by atoms with Crippen molar-refractivity contribution in [1.82, 2.24) is 9.88 Å². The van der Waals surface area contributed by atoms with Gasteiger partial charge in [0.1, 0.15) is 0 Å². The number of rotatable bonds is 2. The summed E-state index contributed by atoms with van der Waals surface area (Å²) in [5.74, 6) is 0.136. The van der Waals surface area contributed by atoms with Gasteiger partial charge in [-0.05, 0) is 46.1 Å². The minimum atomic E-state index is 0.136. The number of aryl methyl sites for hydroxylation is 1. The van der Waals surface area contributed by atoms with Gasteiger partial charge in [0.25, 0.3) is 0 Å². The lowest BCUT2D eigenvalue weighted by Crippen LogP contribution is -2.38. The fraction of sp³-hybridized carbons (Fsp3) is 0.556. The molecule has 0 amide bonds. The number of nitrogens with one attached hydrogen (secondary N) is 1. The van der Waals surface area contributed by atoms with Crippen molar-refractivity contribution < 1.29 is 4.79 Å². The van der Waals surface area contributed by atoms with Crippen molar-refractivity contribution in [2.75, 3.05) is 0 Å². The number of aromatic nitrogens is 1. The molecule has 3 aliphatic rings. The number of aromatic amines is 1. The van der Waals surface area contributed by atoms with Crippen molar-refractivity contribution in [1.29, 1.82) is 0 Å². The van der Waals surface area contributed by atoms with Crippen LogP contribution in [0.2, 0.25) is 0 Å². The summed E-state index contributed by atoms with van der Waals surface area (Å²) in [5.41, 5.74) is 5.24. The normalized spacial score (nSPS) is 26.4. The van der Waals surface area contributed by atoms with Gasteiger partial charge in [0.05, 0.1) is 23.5 Å². The molecule has 1 aromatic rings. The quantitative estimate of drug-likeness (QED) is 0.825. The van der Waals surface area contributed by atoms with Crippen LogP contribution in [-0.4, -0.2) is 32.9 Å².